The normalized spacial score (nSPS) is 41.8. The fourth-order valence-electron chi connectivity index (χ4n) is 2.57. The summed E-state index contributed by atoms with van der Waals surface area (Å²) >= 11 is 0. The molecule has 76 valence electrons. The first-order valence-corrected chi connectivity index (χ1v) is 4.98. The van der Waals surface area contributed by atoms with Gasteiger partial charge >= 0.3 is 0 Å². The van der Waals surface area contributed by atoms with Gasteiger partial charge in [-0.1, -0.05) is 25.7 Å². The predicted molar refractivity (Wildman–Crippen MR) is 55.8 cm³/mol. The van der Waals surface area contributed by atoms with Gasteiger partial charge in [-0.3, -0.25) is 0 Å². The molecule has 2 heteroatoms. The molecular weight excluding hydrogens is 176 g/mol. The highest BCUT2D eigenvalue weighted by Gasteiger charge is 2.44. The summed E-state index contributed by atoms with van der Waals surface area (Å²) in [5, 5.41) is 19.8. The van der Waals surface area contributed by atoms with Crippen LogP contribution in [0.25, 0.3) is 0 Å². The number of aliphatic hydroxyl groups is 2. The number of hydrogen-bond donors (Lipinski definition) is 2. The maximum Gasteiger partial charge on any atom is 0.102 e. The summed E-state index contributed by atoms with van der Waals surface area (Å²) in [5.41, 5.74) is 1.61. The Morgan fingerprint density at radius 2 is 2.07 bits per heavy atom. The average molecular weight is 192 g/mol. The second-order valence-electron chi connectivity index (χ2n) is 4.36. The zero-order valence-corrected chi connectivity index (χ0v) is 8.57. The van der Waals surface area contributed by atoms with Crippen LogP contribution in [-0.2, 0) is 0 Å². The van der Waals surface area contributed by atoms with Gasteiger partial charge in [0.1, 0.15) is 5.76 Å². The summed E-state index contributed by atoms with van der Waals surface area (Å²) < 4.78 is 0. The number of rotatable bonds is 0. The molecular formula is C12H16O2. The van der Waals surface area contributed by atoms with Crippen LogP contribution in [0.5, 0.6) is 0 Å². The number of fused-ring (bicyclic) bond motifs is 1. The van der Waals surface area contributed by atoms with E-state index in [0.29, 0.717) is 17.3 Å². The molecule has 2 rings (SSSR count). The Hall–Kier alpha value is -1.02. The third-order valence-electron chi connectivity index (χ3n) is 3.51. The van der Waals surface area contributed by atoms with Crippen LogP contribution in [0.2, 0.25) is 0 Å². The maximum absolute atomic E-state index is 9.96. The number of aliphatic hydroxyl groups excluding tert-OH is 2. The van der Waals surface area contributed by atoms with E-state index in [1.54, 1.807) is 6.92 Å². The van der Waals surface area contributed by atoms with Crippen molar-refractivity contribution < 1.29 is 10.2 Å². The van der Waals surface area contributed by atoms with Crippen LogP contribution < -0.4 is 0 Å². The molecule has 0 amide bonds. The third-order valence-corrected chi connectivity index (χ3v) is 3.51. The molecule has 0 heterocycles. The highest BCUT2D eigenvalue weighted by molar-refractivity contribution is 5.38. The van der Waals surface area contributed by atoms with E-state index in [2.05, 4.69) is 19.6 Å². The van der Waals surface area contributed by atoms with Crippen LogP contribution in [0.4, 0.5) is 0 Å². The molecule has 2 aliphatic rings. The molecule has 0 aromatic rings. The van der Waals surface area contributed by atoms with Gasteiger partial charge < -0.3 is 10.2 Å². The quantitative estimate of drug-likeness (QED) is 0.617. The highest BCUT2D eigenvalue weighted by Crippen LogP contribution is 2.46. The Balaban J connectivity index is 2.45. The molecule has 2 N–H and O–H groups in total. The molecule has 4 atom stereocenters. The van der Waals surface area contributed by atoms with E-state index < -0.39 is 6.10 Å². The summed E-state index contributed by atoms with van der Waals surface area (Å²) in [6, 6.07) is 0. The molecule has 2 aliphatic carbocycles. The van der Waals surface area contributed by atoms with E-state index in [4.69, 9.17) is 0 Å². The minimum absolute atomic E-state index is 0.0648. The molecule has 0 saturated carbocycles. The fourth-order valence-corrected chi connectivity index (χ4v) is 2.57. The first-order chi connectivity index (χ1) is 6.54. The van der Waals surface area contributed by atoms with Crippen molar-refractivity contribution in [1.82, 2.24) is 0 Å². The summed E-state index contributed by atoms with van der Waals surface area (Å²) in [6.07, 6.45) is 3.49. The van der Waals surface area contributed by atoms with Crippen molar-refractivity contribution in [2.75, 3.05) is 0 Å². The molecule has 2 nitrogen and oxygen atoms in total. The van der Waals surface area contributed by atoms with E-state index >= 15 is 0 Å². The maximum atomic E-state index is 9.96. The lowest BCUT2D eigenvalue weighted by Gasteiger charge is -2.31. The SMILES string of the molecule is C=C1C=C[C@H](C)[C@H]2C(O)C(C)=C(O)[C@@H]12. The zero-order chi connectivity index (χ0) is 10.5. The Morgan fingerprint density at radius 1 is 1.43 bits per heavy atom. The fraction of sp³-hybridized carbons (Fsp3) is 0.500. The van der Waals surface area contributed by atoms with E-state index in [1.165, 1.54) is 0 Å². The largest absolute Gasteiger partial charge is 0.512 e. The molecule has 0 aromatic carbocycles. The Labute approximate surface area is 84.3 Å². The van der Waals surface area contributed by atoms with Crippen LogP contribution >= 0.6 is 0 Å². The highest BCUT2D eigenvalue weighted by atomic mass is 16.3. The second kappa shape index (κ2) is 2.99. The van der Waals surface area contributed by atoms with E-state index in [0.717, 1.165) is 5.57 Å². The van der Waals surface area contributed by atoms with Crippen molar-refractivity contribution in [2.24, 2.45) is 17.8 Å². The molecule has 0 fully saturated rings. The topological polar surface area (TPSA) is 40.5 Å². The van der Waals surface area contributed by atoms with Crippen molar-refractivity contribution in [3.05, 3.63) is 35.6 Å². The lowest BCUT2D eigenvalue weighted by Crippen LogP contribution is -2.30. The monoisotopic (exact) mass is 192 g/mol. The lowest BCUT2D eigenvalue weighted by molar-refractivity contribution is 0.111. The Kier molecular flexibility index (Phi) is 2.04. The van der Waals surface area contributed by atoms with E-state index in [1.807, 2.05) is 6.08 Å². The van der Waals surface area contributed by atoms with Gasteiger partial charge in [0.25, 0.3) is 0 Å². The molecule has 0 spiro atoms. The van der Waals surface area contributed by atoms with Gasteiger partial charge in [0.05, 0.1) is 6.10 Å². The van der Waals surface area contributed by atoms with Crippen LogP contribution in [0.1, 0.15) is 13.8 Å². The van der Waals surface area contributed by atoms with Crippen molar-refractivity contribution in [3.8, 4) is 0 Å². The van der Waals surface area contributed by atoms with Crippen molar-refractivity contribution in [1.29, 1.82) is 0 Å². The van der Waals surface area contributed by atoms with Crippen molar-refractivity contribution in [2.45, 2.75) is 20.0 Å². The smallest absolute Gasteiger partial charge is 0.102 e. The van der Waals surface area contributed by atoms with Crippen LogP contribution in [0.3, 0.4) is 0 Å². The van der Waals surface area contributed by atoms with Gasteiger partial charge in [-0.05, 0) is 24.0 Å². The van der Waals surface area contributed by atoms with Crippen LogP contribution in [-0.4, -0.2) is 16.3 Å². The second-order valence-corrected chi connectivity index (χ2v) is 4.36. The van der Waals surface area contributed by atoms with Gasteiger partial charge in [0, 0.05) is 11.8 Å². The zero-order valence-electron chi connectivity index (χ0n) is 8.57. The number of allylic oxidation sites excluding steroid dienone is 3. The molecule has 0 bridgehead atoms. The molecule has 1 unspecified atom stereocenters. The predicted octanol–water partition coefficient (Wildman–Crippen LogP) is 2.19. The van der Waals surface area contributed by atoms with E-state index in [-0.39, 0.29) is 11.8 Å². The van der Waals surface area contributed by atoms with E-state index in [9.17, 15) is 10.2 Å². The van der Waals surface area contributed by atoms with Gasteiger partial charge in [-0.15, -0.1) is 0 Å². The van der Waals surface area contributed by atoms with Crippen LogP contribution in [0, 0.1) is 17.8 Å². The van der Waals surface area contributed by atoms with Gasteiger partial charge in [-0.25, -0.2) is 0 Å². The summed E-state index contributed by atoms with van der Waals surface area (Å²) in [4.78, 5) is 0. The average Bonchev–Trinajstić information content (AvgIpc) is 2.38. The first kappa shape index (κ1) is 9.53. The lowest BCUT2D eigenvalue weighted by atomic mass is 9.75. The van der Waals surface area contributed by atoms with Gasteiger partial charge in [0.15, 0.2) is 0 Å². The van der Waals surface area contributed by atoms with Crippen LogP contribution in [0.15, 0.2) is 35.6 Å². The van der Waals surface area contributed by atoms with Crippen molar-refractivity contribution in [3.63, 3.8) is 0 Å². The summed E-state index contributed by atoms with van der Waals surface area (Å²) in [6.45, 7) is 7.77. The van der Waals surface area contributed by atoms with Gasteiger partial charge in [-0.2, -0.15) is 0 Å². The number of hydrogen-bond acceptors (Lipinski definition) is 2. The molecule has 0 aliphatic heterocycles. The van der Waals surface area contributed by atoms with Gasteiger partial charge in [0.2, 0.25) is 0 Å². The molecule has 0 radical (unpaired) electrons. The first-order valence-electron chi connectivity index (χ1n) is 4.98. The summed E-state index contributed by atoms with van der Waals surface area (Å²) in [7, 11) is 0. The Morgan fingerprint density at radius 3 is 2.64 bits per heavy atom. The molecule has 14 heavy (non-hydrogen) atoms. The molecule has 0 aromatic heterocycles. The molecule has 0 saturated heterocycles. The minimum Gasteiger partial charge on any atom is -0.512 e. The summed E-state index contributed by atoms with van der Waals surface area (Å²) in [5.74, 6) is 0.626. The van der Waals surface area contributed by atoms with Crippen molar-refractivity contribution >= 4 is 0 Å². The standard InChI is InChI=1S/C12H16O2/c1-6-4-5-7(2)10-9(6)11(13)8(3)12(10)14/h4-5,7,9-10,12-14H,1H2,2-3H3/t7-,9-,10+,12?/m0/s1. The third kappa shape index (κ3) is 1.07. The Bertz CT molecular complexity index is 338. The minimum atomic E-state index is -0.517.